The van der Waals surface area contributed by atoms with Crippen LogP contribution < -0.4 is 0 Å². The maximum atomic E-state index is 13.0. The third-order valence-corrected chi connectivity index (χ3v) is 5.88. The number of carbonyl (C=O) groups excluding carboxylic acids is 1. The van der Waals surface area contributed by atoms with E-state index in [0.717, 1.165) is 57.1 Å². The van der Waals surface area contributed by atoms with Crippen LogP contribution in [0.5, 0.6) is 0 Å². The average Bonchev–Trinajstić information content (AvgIpc) is 3.14. The molecule has 0 spiro atoms. The summed E-state index contributed by atoms with van der Waals surface area (Å²) in [6, 6.07) is 4.30. The van der Waals surface area contributed by atoms with Crippen molar-refractivity contribution >= 4 is 5.91 Å². The number of hydrogen-bond acceptors (Lipinski definition) is 2. The Morgan fingerprint density at radius 2 is 2.12 bits per heavy atom. The van der Waals surface area contributed by atoms with Crippen LogP contribution in [0, 0.1) is 5.41 Å². The van der Waals surface area contributed by atoms with E-state index in [1.807, 2.05) is 23.4 Å². The summed E-state index contributed by atoms with van der Waals surface area (Å²) in [5.74, 6) is 0.121. The fourth-order valence-electron chi connectivity index (χ4n) is 3.50. The molecule has 0 radical (unpaired) electrons. The molecular formula is C23H34N2O. The Labute approximate surface area is 159 Å². The normalized spacial score (nSPS) is 17.3. The van der Waals surface area contributed by atoms with Crippen LogP contribution in [0.1, 0.15) is 64.9 Å². The van der Waals surface area contributed by atoms with E-state index in [2.05, 4.69) is 45.0 Å². The van der Waals surface area contributed by atoms with Crippen molar-refractivity contribution in [3.05, 3.63) is 54.4 Å². The molecule has 1 aliphatic rings. The highest BCUT2D eigenvalue weighted by molar-refractivity contribution is 5.94. The van der Waals surface area contributed by atoms with Gasteiger partial charge in [-0.05, 0) is 62.0 Å². The van der Waals surface area contributed by atoms with Crippen LogP contribution in [-0.2, 0) is 11.2 Å². The van der Waals surface area contributed by atoms with Crippen LogP contribution in [0.3, 0.4) is 0 Å². The number of likely N-dealkylation sites (tertiary alicyclic amines) is 1. The molecule has 1 aromatic heterocycles. The third kappa shape index (κ3) is 5.06. The van der Waals surface area contributed by atoms with E-state index < -0.39 is 0 Å². The molecule has 1 fully saturated rings. The van der Waals surface area contributed by atoms with Crippen LogP contribution >= 0.6 is 0 Å². The van der Waals surface area contributed by atoms with Gasteiger partial charge < -0.3 is 4.90 Å². The van der Waals surface area contributed by atoms with Crippen molar-refractivity contribution in [1.29, 1.82) is 0 Å². The minimum absolute atomic E-state index is 0.121. The molecule has 26 heavy (non-hydrogen) atoms. The number of pyridine rings is 1. The van der Waals surface area contributed by atoms with Gasteiger partial charge >= 0.3 is 0 Å². The van der Waals surface area contributed by atoms with Crippen molar-refractivity contribution in [2.75, 3.05) is 6.54 Å². The van der Waals surface area contributed by atoms with E-state index >= 15 is 0 Å². The van der Waals surface area contributed by atoms with Crippen molar-refractivity contribution < 1.29 is 4.79 Å². The molecule has 3 nitrogen and oxygen atoms in total. The molecule has 0 aliphatic carbocycles. The molecule has 0 N–H and O–H groups in total. The topological polar surface area (TPSA) is 33.2 Å². The van der Waals surface area contributed by atoms with E-state index in [-0.39, 0.29) is 17.4 Å². The first-order chi connectivity index (χ1) is 12.4. The van der Waals surface area contributed by atoms with Gasteiger partial charge in [0, 0.05) is 24.5 Å². The monoisotopic (exact) mass is 354 g/mol. The molecular weight excluding hydrogens is 320 g/mol. The fraction of sp³-hybridized carbons (Fsp3) is 0.565. The van der Waals surface area contributed by atoms with Gasteiger partial charge in [-0.15, -0.1) is 0 Å². The summed E-state index contributed by atoms with van der Waals surface area (Å²) in [6.45, 7) is 15.6. The second-order valence-corrected chi connectivity index (χ2v) is 8.10. The van der Waals surface area contributed by atoms with E-state index in [9.17, 15) is 4.79 Å². The zero-order valence-electron chi connectivity index (χ0n) is 16.8. The maximum absolute atomic E-state index is 13.0. The van der Waals surface area contributed by atoms with Gasteiger partial charge in [0.1, 0.15) is 0 Å². The summed E-state index contributed by atoms with van der Waals surface area (Å²) in [5, 5.41) is 0. The van der Waals surface area contributed by atoms with Gasteiger partial charge in [-0.1, -0.05) is 45.6 Å². The molecule has 0 unspecified atom stereocenters. The summed E-state index contributed by atoms with van der Waals surface area (Å²) < 4.78 is 0. The highest BCUT2D eigenvalue weighted by Crippen LogP contribution is 2.34. The van der Waals surface area contributed by atoms with Crippen molar-refractivity contribution in [3.8, 4) is 0 Å². The third-order valence-electron chi connectivity index (χ3n) is 5.88. The first kappa shape index (κ1) is 20.4. The molecule has 1 aliphatic heterocycles. The molecule has 1 saturated heterocycles. The summed E-state index contributed by atoms with van der Waals surface area (Å²) in [5.41, 5.74) is 3.07. The SMILES string of the molecule is C=C(CCCCc1cccnc1)[C@@H]1CCCN1C(=O)C(=C)C(C)(C)CC. The van der Waals surface area contributed by atoms with Gasteiger partial charge in [-0.25, -0.2) is 0 Å². The largest absolute Gasteiger partial charge is 0.332 e. The summed E-state index contributed by atoms with van der Waals surface area (Å²) in [6.07, 6.45) is 11.0. The number of carbonyl (C=O) groups is 1. The lowest BCUT2D eigenvalue weighted by molar-refractivity contribution is -0.128. The molecule has 0 aromatic carbocycles. The lowest BCUT2D eigenvalue weighted by Gasteiger charge is -2.32. The van der Waals surface area contributed by atoms with Crippen LogP contribution in [-0.4, -0.2) is 28.4 Å². The zero-order valence-corrected chi connectivity index (χ0v) is 16.8. The van der Waals surface area contributed by atoms with Crippen molar-refractivity contribution in [2.24, 2.45) is 5.41 Å². The van der Waals surface area contributed by atoms with Crippen molar-refractivity contribution in [3.63, 3.8) is 0 Å². The van der Waals surface area contributed by atoms with Crippen LogP contribution in [0.15, 0.2) is 48.8 Å². The quantitative estimate of drug-likeness (QED) is 0.341. The van der Waals surface area contributed by atoms with Crippen molar-refractivity contribution in [1.82, 2.24) is 9.88 Å². The summed E-state index contributed by atoms with van der Waals surface area (Å²) in [4.78, 5) is 19.1. The van der Waals surface area contributed by atoms with Gasteiger partial charge in [0.05, 0.1) is 6.04 Å². The van der Waals surface area contributed by atoms with E-state index in [1.165, 1.54) is 11.1 Å². The van der Waals surface area contributed by atoms with Gasteiger partial charge in [0.2, 0.25) is 5.91 Å². The number of rotatable bonds is 9. The number of hydrogen-bond donors (Lipinski definition) is 0. The van der Waals surface area contributed by atoms with Gasteiger partial charge in [-0.2, -0.15) is 0 Å². The predicted molar refractivity (Wildman–Crippen MR) is 109 cm³/mol. The zero-order chi connectivity index (χ0) is 19.2. The minimum Gasteiger partial charge on any atom is -0.332 e. The molecule has 0 bridgehead atoms. The van der Waals surface area contributed by atoms with E-state index in [0.29, 0.717) is 0 Å². The Morgan fingerprint density at radius 3 is 2.77 bits per heavy atom. The predicted octanol–water partition coefficient (Wildman–Crippen LogP) is 5.33. The molecule has 0 saturated carbocycles. The molecule has 3 heteroatoms. The van der Waals surface area contributed by atoms with Crippen molar-refractivity contribution in [2.45, 2.75) is 71.8 Å². The number of aryl methyl sites for hydroxylation is 1. The second kappa shape index (κ2) is 9.16. The highest BCUT2D eigenvalue weighted by Gasteiger charge is 2.35. The fourth-order valence-corrected chi connectivity index (χ4v) is 3.50. The number of amides is 1. The first-order valence-corrected chi connectivity index (χ1v) is 9.93. The molecule has 2 heterocycles. The molecule has 1 atom stereocenters. The smallest absolute Gasteiger partial charge is 0.250 e. The summed E-state index contributed by atoms with van der Waals surface area (Å²) >= 11 is 0. The van der Waals surface area contributed by atoms with Crippen LogP contribution in [0.2, 0.25) is 0 Å². The highest BCUT2D eigenvalue weighted by atomic mass is 16.2. The Bertz CT molecular complexity index is 633. The molecule has 1 aromatic rings. The Kier molecular flexibility index (Phi) is 7.19. The Morgan fingerprint density at radius 1 is 1.35 bits per heavy atom. The number of nitrogens with zero attached hydrogens (tertiary/aromatic N) is 2. The Balaban J connectivity index is 1.85. The maximum Gasteiger partial charge on any atom is 0.250 e. The molecule has 1 amide bonds. The lowest BCUT2D eigenvalue weighted by atomic mass is 9.81. The standard InChI is InChI=1S/C23H34N2O/c1-6-23(4,5)19(3)22(26)25-16-10-14-21(25)18(2)11-7-8-12-20-13-9-15-24-17-20/h9,13,15,17,21H,2-3,6-8,10-12,14,16H2,1,4-5H3/t21-/m0/s1. The average molecular weight is 355 g/mol. The van der Waals surface area contributed by atoms with Crippen LogP contribution in [0.4, 0.5) is 0 Å². The lowest BCUT2D eigenvalue weighted by Crippen LogP contribution is -2.40. The van der Waals surface area contributed by atoms with Gasteiger partial charge in [-0.3, -0.25) is 9.78 Å². The minimum atomic E-state index is -0.144. The molecule has 142 valence electrons. The molecule has 2 rings (SSSR count). The first-order valence-electron chi connectivity index (χ1n) is 9.93. The van der Waals surface area contributed by atoms with Crippen LogP contribution in [0.25, 0.3) is 0 Å². The van der Waals surface area contributed by atoms with E-state index in [1.54, 1.807) is 0 Å². The number of aromatic nitrogens is 1. The second-order valence-electron chi connectivity index (χ2n) is 8.10. The van der Waals surface area contributed by atoms with Gasteiger partial charge in [0.25, 0.3) is 0 Å². The van der Waals surface area contributed by atoms with Gasteiger partial charge in [0.15, 0.2) is 0 Å². The Hall–Kier alpha value is -1.90. The van der Waals surface area contributed by atoms with E-state index in [4.69, 9.17) is 0 Å². The number of unbranched alkanes of at least 4 members (excludes halogenated alkanes) is 1. The summed E-state index contributed by atoms with van der Waals surface area (Å²) in [7, 11) is 0.